The predicted octanol–water partition coefficient (Wildman–Crippen LogP) is 2.43. The summed E-state index contributed by atoms with van der Waals surface area (Å²) < 4.78 is 0. The van der Waals surface area contributed by atoms with Crippen molar-refractivity contribution >= 4 is 11.8 Å². The van der Waals surface area contributed by atoms with E-state index in [1.165, 1.54) is 25.0 Å². The molecule has 0 aromatic carbocycles. The molecule has 11 heavy (non-hydrogen) atoms. The lowest BCUT2D eigenvalue weighted by Gasteiger charge is -2.25. The molecule has 2 atom stereocenters. The quantitative estimate of drug-likeness (QED) is 0.709. The summed E-state index contributed by atoms with van der Waals surface area (Å²) in [5.41, 5.74) is 0. The molecule has 1 heterocycles. The Morgan fingerprint density at radius 2 is 2.36 bits per heavy atom. The third-order valence-corrected chi connectivity index (χ3v) is 3.73. The molecule has 0 aromatic heterocycles. The number of hydrogen-bond acceptors (Lipinski definition) is 2. The van der Waals surface area contributed by atoms with Gasteiger partial charge in [0.2, 0.25) is 0 Å². The molecule has 0 bridgehead atoms. The molecule has 0 saturated carbocycles. The van der Waals surface area contributed by atoms with Crippen molar-refractivity contribution in [1.29, 1.82) is 0 Å². The van der Waals surface area contributed by atoms with Gasteiger partial charge in [0, 0.05) is 5.25 Å². The van der Waals surface area contributed by atoms with Crippen molar-refractivity contribution < 1.29 is 5.11 Å². The molecule has 1 aliphatic rings. The van der Waals surface area contributed by atoms with Gasteiger partial charge in [-0.1, -0.05) is 19.8 Å². The maximum atomic E-state index is 9.65. The van der Waals surface area contributed by atoms with Gasteiger partial charge in [-0.05, 0) is 25.0 Å². The zero-order valence-electron chi connectivity index (χ0n) is 7.25. The van der Waals surface area contributed by atoms with Crippen LogP contribution in [0, 0.1) is 0 Å². The van der Waals surface area contributed by atoms with Gasteiger partial charge in [0.25, 0.3) is 0 Å². The van der Waals surface area contributed by atoms with Crippen LogP contribution in [0.15, 0.2) is 0 Å². The molecule has 0 spiro atoms. The van der Waals surface area contributed by atoms with Crippen molar-refractivity contribution in [1.82, 2.24) is 0 Å². The average molecular weight is 174 g/mol. The fraction of sp³-hybridized carbons (Fsp3) is 1.00. The van der Waals surface area contributed by atoms with E-state index in [0.717, 1.165) is 12.8 Å². The first kappa shape index (κ1) is 9.40. The second kappa shape index (κ2) is 5.04. The van der Waals surface area contributed by atoms with E-state index in [4.69, 9.17) is 0 Å². The van der Waals surface area contributed by atoms with Gasteiger partial charge in [-0.3, -0.25) is 0 Å². The van der Waals surface area contributed by atoms with Crippen LogP contribution in [0.5, 0.6) is 0 Å². The summed E-state index contributed by atoms with van der Waals surface area (Å²) in [6, 6.07) is 0. The first-order valence-electron chi connectivity index (χ1n) is 4.64. The third-order valence-electron chi connectivity index (χ3n) is 2.23. The molecular formula is C9H18OS. The van der Waals surface area contributed by atoms with Gasteiger partial charge in [-0.2, -0.15) is 11.8 Å². The fourth-order valence-corrected chi connectivity index (χ4v) is 2.92. The van der Waals surface area contributed by atoms with Crippen molar-refractivity contribution in [2.75, 3.05) is 5.75 Å². The highest BCUT2D eigenvalue weighted by molar-refractivity contribution is 8.00. The number of hydrogen-bond donors (Lipinski definition) is 1. The summed E-state index contributed by atoms with van der Waals surface area (Å²) in [6.45, 7) is 2.14. The predicted molar refractivity (Wildman–Crippen MR) is 51.0 cm³/mol. The molecule has 1 nitrogen and oxygen atoms in total. The minimum absolute atomic E-state index is 0.0368. The molecule has 0 aromatic rings. The normalized spacial score (nSPS) is 28.4. The van der Waals surface area contributed by atoms with Gasteiger partial charge in [0.05, 0.1) is 6.10 Å². The second-order valence-electron chi connectivity index (χ2n) is 3.26. The largest absolute Gasteiger partial charge is 0.392 e. The molecule has 2 heteroatoms. The summed E-state index contributed by atoms with van der Waals surface area (Å²) in [5.74, 6) is 1.26. The topological polar surface area (TPSA) is 20.2 Å². The van der Waals surface area contributed by atoms with Crippen LogP contribution >= 0.6 is 11.8 Å². The van der Waals surface area contributed by atoms with Crippen LogP contribution in [0.3, 0.4) is 0 Å². The van der Waals surface area contributed by atoms with Crippen molar-refractivity contribution in [2.45, 2.75) is 50.4 Å². The number of rotatable bonds is 3. The van der Waals surface area contributed by atoms with Gasteiger partial charge < -0.3 is 5.11 Å². The Morgan fingerprint density at radius 3 is 2.91 bits per heavy atom. The molecule has 0 aliphatic carbocycles. The molecule has 66 valence electrons. The van der Waals surface area contributed by atoms with Crippen molar-refractivity contribution in [3.63, 3.8) is 0 Å². The van der Waals surface area contributed by atoms with Gasteiger partial charge in [0.1, 0.15) is 0 Å². The molecule has 2 unspecified atom stereocenters. The fourth-order valence-electron chi connectivity index (χ4n) is 1.55. The molecule has 1 N–H and O–H groups in total. The lowest BCUT2D eigenvalue weighted by Crippen LogP contribution is -2.25. The van der Waals surface area contributed by atoms with E-state index >= 15 is 0 Å². The Kier molecular flexibility index (Phi) is 4.31. The average Bonchev–Trinajstić information content (AvgIpc) is 2.07. The number of aliphatic hydroxyl groups is 1. The summed E-state index contributed by atoms with van der Waals surface area (Å²) in [7, 11) is 0. The zero-order chi connectivity index (χ0) is 8.10. The summed E-state index contributed by atoms with van der Waals surface area (Å²) in [4.78, 5) is 0. The van der Waals surface area contributed by atoms with E-state index in [0.29, 0.717) is 5.25 Å². The number of thioether (sulfide) groups is 1. The zero-order valence-corrected chi connectivity index (χ0v) is 8.07. The summed E-state index contributed by atoms with van der Waals surface area (Å²) in [5, 5.41) is 10.2. The van der Waals surface area contributed by atoms with Crippen LogP contribution < -0.4 is 0 Å². The Morgan fingerprint density at radius 1 is 1.55 bits per heavy atom. The van der Waals surface area contributed by atoms with Crippen LogP contribution in [-0.2, 0) is 0 Å². The SMILES string of the molecule is CCCC(O)C1CCCCS1. The van der Waals surface area contributed by atoms with Crippen LogP contribution in [0.1, 0.15) is 39.0 Å². The lowest BCUT2D eigenvalue weighted by atomic mass is 10.1. The molecule has 1 fully saturated rings. The van der Waals surface area contributed by atoms with E-state index in [1.54, 1.807) is 0 Å². The van der Waals surface area contributed by atoms with Crippen LogP contribution in [0.2, 0.25) is 0 Å². The monoisotopic (exact) mass is 174 g/mol. The Bertz CT molecular complexity index is 99.7. The smallest absolute Gasteiger partial charge is 0.0658 e. The number of aliphatic hydroxyl groups excluding tert-OH is 1. The summed E-state index contributed by atoms with van der Waals surface area (Å²) >= 11 is 1.96. The Hall–Kier alpha value is 0.310. The molecule has 1 rings (SSSR count). The van der Waals surface area contributed by atoms with Crippen LogP contribution in [-0.4, -0.2) is 22.2 Å². The van der Waals surface area contributed by atoms with E-state index in [1.807, 2.05) is 11.8 Å². The van der Waals surface area contributed by atoms with Crippen LogP contribution in [0.25, 0.3) is 0 Å². The second-order valence-corrected chi connectivity index (χ2v) is 4.61. The van der Waals surface area contributed by atoms with Crippen LogP contribution in [0.4, 0.5) is 0 Å². The minimum atomic E-state index is -0.0368. The van der Waals surface area contributed by atoms with E-state index < -0.39 is 0 Å². The molecule has 0 amide bonds. The highest BCUT2D eigenvalue weighted by atomic mass is 32.2. The minimum Gasteiger partial charge on any atom is -0.392 e. The maximum Gasteiger partial charge on any atom is 0.0658 e. The van der Waals surface area contributed by atoms with Crippen molar-refractivity contribution in [2.24, 2.45) is 0 Å². The molecule has 1 saturated heterocycles. The first-order chi connectivity index (χ1) is 5.34. The van der Waals surface area contributed by atoms with Gasteiger partial charge >= 0.3 is 0 Å². The van der Waals surface area contributed by atoms with Gasteiger partial charge in [-0.25, -0.2) is 0 Å². The van der Waals surface area contributed by atoms with Gasteiger partial charge in [-0.15, -0.1) is 0 Å². The molecular weight excluding hydrogens is 156 g/mol. The first-order valence-corrected chi connectivity index (χ1v) is 5.69. The van der Waals surface area contributed by atoms with Crippen molar-refractivity contribution in [3.8, 4) is 0 Å². The Labute approximate surface area is 73.6 Å². The molecule has 0 radical (unpaired) electrons. The van der Waals surface area contributed by atoms with Crippen molar-refractivity contribution in [3.05, 3.63) is 0 Å². The highest BCUT2D eigenvalue weighted by Gasteiger charge is 2.20. The Balaban J connectivity index is 2.21. The van der Waals surface area contributed by atoms with E-state index in [2.05, 4.69) is 6.92 Å². The standard InChI is InChI=1S/C9H18OS/c1-2-5-8(10)9-6-3-4-7-11-9/h8-10H,2-7H2,1H3. The lowest BCUT2D eigenvalue weighted by molar-refractivity contribution is 0.155. The summed E-state index contributed by atoms with van der Waals surface area (Å²) in [6.07, 6.45) is 5.95. The third kappa shape index (κ3) is 3.04. The maximum absolute atomic E-state index is 9.65. The molecule has 1 aliphatic heterocycles. The van der Waals surface area contributed by atoms with Gasteiger partial charge in [0.15, 0.2) is 0 Å². The van der Waals surface area contributed by atoms with E-state index in [9.17, 15) is 5.11 Å². The highest BCUT2D eigenvalue weighted by Crippen LogP contribution is 2.28. The van der Waals surface area contributed by atoms with E-state index in [-0.39, 0.29) is 6.10 Å².